The molecule has 13 heteroatoms. The molecule has 1 heterocycles. The van der Waals surface area contributed by atoms with Crippen molar-refractivity contribution in [3.63, 3.8) is 0 Å². The van der Waals surface area contributed by atoms with Crippen LogP contribution in [0.2, 0.25) is 0 Å². The number of benzene rings is 2. The molecule has 39 heavy (non-hydrogen) atoms. The van der Waals surface area contributed by atoms with E-state index in [1.807, 2.05) is 6.07 Å². The first-order chi connectivity index (χ1) is 17.9. The number of halogens is 7. The quantitative estimate of drug-likeness (QED) is 0.292. The third kappa shape index (κ3) is 6.06. The summed E-state index contributed by atoms with van der Waals surface area (Å²) in [6, 6.07) is 5.23. The van der Waals surface area contributed by atoms with Crippen molar-refractivity contribution in [2.45, 2.75) is 63.3 Å². The minimum atomic E-state index is -5.11. The van der Waals surface area contributed by atoms with Gasteiger partial charge >= 0.3 is 12.4 Å². The SMILES string of the molecule is CC(C)(CC#N)Cn1cc(C(NS(=O)(=O)C2CC2)C(F)(F)F)c2cc(F)c(-c3ccccc3C(F)(F)F)cc21. The molecule has 1 aliphatic carbocycles. The molecule has 1 atom stereocenters. The molecule has 4 rings (SSSR count). The summed E-state index contributed by atoms with van der Waals surface area (Å²) >= 11 is 0. The monoisotopic (exact) mass is 575 g/mol. The van der Waals surface area contributed by atoms with Gasteiger partial charge in [0.15, 0.2) is 0 Å². The van der Waals surface area contributed by atoms with Gasteiger partial charge in [-0.3, -0.25) is 0 Å². The zero-order valence-electron chi connectivity index (χ0n) is 20.8. The van der Waals surface area contributed by atoms with Crippen molar-refractivity contribution in [3.05, 3.63) is 59.5 Å². The molecular weight excluding hydrogens is 551 g/mol. The maximum absolute atomic E-state index is 15.4. The predicted molar refractivity (Wildman–Crippen MR) is 130 cm³/mol. The summed E-state index contributed by atoms with van der Waals surface area (Å²) in [5.41, 5.74) is -3.54. The summed E-state index contributed by atoms with van der Waals surface area (Å²) in [4.78, 5) is 0. The van der Waals surface area contributed by atoms with E-state index < -0.39 is 67.2 Å². The third-order valence-electron chi connectivity index (χ3n) is 6.56. The molecule has 0 amide bonds. The molecule has 210 valence electrons. The summed E-state index contributed by atoms with van der Waals surface area (Å²) in [6.07, 6.45) is -8.51. The Labute approximate surface area is 220 Å². The van der Waals surface area contributed by atoms with E-state index in [0.29, 0.717) is 6.07 Å². The lowest BCUT2D eigenvalue weighted by Gasteiger charge is -2.23. The van der Waals surface area contributed by atoms with Gasteiger partial charge in [-0.05, 0) is 42.0 Å². The zero-order valence-corrected chi connectivity index (χ0v) is 21.6. The molecule has 0 spiro atoms. The number of aromatic nitrogens is 1. The number of alkyl halides is 6. The second kappa shape index (κ2) is 9.82. The predicted octanol–water partition coefficient (Wildman–Crippen LogP) is 7.09. The van der Waals surface area contributed by atoms with E-state index in [1.54, 1.807) is 18.6 Å². The highest BCUT2D eigenvalue weighted by atomic mass is 32.2. The van der Waals surface area contributed by atoms with Gasteiger partial charge in [-0.25, -0.2) is 12.8 Å². The van der Waals surface area contributed by atoms with Crippen molar-refractivity contribution in [1.82, 2.24) is 9.29 Å². The fourth-order valence-corrected chi connectivity index (χ4v) is 6.08. The number of hydrogen-bond donors (Lipinski definition) is 1. The molecule has 1 unspecified atom stereocenters. The molecule has 0 radical (unpaired) electrons. The van der Waals surface area contributed by atoms with E-state index >= 15 is 4.39 Å². The molecular formula is C26H24F7N3O2S. The topological polar surface area (TPSA) is 74.9 Å². The van der Waals surface area contributed by atoms with Crippen LogP contribution in [0, 0.1) is 22.6 Å². The van der Waals surface area contributed by atoms with Crippen LogP contribution in [0.4, 0.5) is 30.7 Å². The smallest absolute Gasteiger partial charge is 0.347 e. The van der Waals surface area contributed by atoms with E-state index in [4.69, 9.17) is 0 Å². The summed E-state index contributed by atoms with van der Waals surface area (Å²) in [7, 11) is -4.35. The average Bonchev–Trinajstić information content (AvgIpc) is 3.61. The van der Waals surface area contributed by atoms with Crippen LogP contribution in [-0.2, 0) is 22.7 Å². The van der Waals surface area contributed by atoms with Crippen molar-refractivity contribution < 1.29 is 39.2 Å². The maximum atomic E-state index is 15.4. The largest absolute Gasteiger partial charge is 0.417 e. The van der Waals surface area contributed by atoms with Crippen LogP contribution in [-0.4, -0.2) is 24.4 Å². The second-order valence-corrected chi connectivity index (χ2v) is 12.4. The van der Waals surface area contributed by atoms with Crippen molar-refractivity contribution >= 4 is 20.9 Å². The van der Waals surface area contributed by atoms with E-state index in [0.717, 1.165) is 30.5 Å². The van der Waals surface area contributed by atoms with Crippen LogP contribution < -0.4 is 4.72 Å². The lowest BCUT2D eigenvalue weighted by molar-refractivity contribution is -0.152. The summed E-state index contributed by atoms with van der Waals surface area (Å²) in [5, 5.41) is 7.90. The van der Waals surface area contributed by atoms with Gasteiger partial charge < -0.3 is 4.57 Å². The van der Waals surface area contributed by atoms with E-state index in [9.17, 15) is 40.0 Å². The number of nitrogens with zero attached hydrogens (tertiary/aromatic N) is 2. The first-order valence-electron chi connectivity index (χ1n) is 11.9. The van der Waals surface area contributed by atoms with Crippen LogP contribution in [0.5, 0.6) is 0 Å². The molecule has 0 bridgehead atoms. The van der Waals surface area contributed by atoms with E-state index in [2.05, 4.69) is 0 Å². The molecule has 0 aliphatic heterocycles. The Morgan fingerprint density at radius 3 is 2.28 bits per heavy atom. The number of rotatable bonds is 8. The highest BCUT2D eigenvalue weighted by Gasteiger charge is 2.48. The van der Waals surface area contributed by atoms with Crippen molar-refractivity contribution in [2.75, 3.05) is 0 Å². The van der Waals surface area contributed by atoms with Crippen molar-refractivity contribution in [2.24, 2.45) is 5.41 Å². The lowest BCUT2D eigenvalue weighted by Crippen LogP contribution is -2.39. The fourth-order valence-electron chi connectivity index (χ4n) is 4.55. The van der Waals surface area contributed by atoms with Gasteiger partial charge in [0, 0.05) is 41.2 Å². The first-order valence-corrected chi connectivity index (χ1v) is 13.4. The summed E-state index contributed by atoms with van der Waals surface area (Å²) in [6.45, 7) is 3.29. The maximum Gasteiger partial charge on any atom is 0.417 e. The van der Waals surface area contributed by atoms with Gasteiger partial charge in [-0.2, -0.15) is 36.3 Å². The Morgan fingerprint density at radius 1 is 1.08 bits per heavy atom. The third-order valence-corrected chi connectivity index (χ3v) is 8.48. The lowest BCUT2D eigenvalue weighted by atomic mass is 9.90. The summed E-state index contributed by atoms with van der Waals surface area (Å²) < 4.78 is 127. The second-order valence-electron chi connectivity index (χ2n) is 10.4. The molecule has 0 saturated heterocycles. The van der Waals surface area contributed by atoms with Gasteiger partial charge in [0.1, 0.15) is 11.9 Å². The first kappa shape index (κ1) is 28.9. The van der Waals surface area contributed by atoms with Crippen LogP contribution in [0.1, 0.15) is 50.3 Å². The number of sulfonamides is 1. The van der Waals surface area contributed by atoms with E-state index in [1.165, 1.54) is 10.6 Å². The molecule has 1 fully saturated rings. The normalized spacial score (nSPS) is 15.9. The van der Waals surface area contributed by atoms with E-state index in [-0.39, 0.29) is 36.7 Å². The number of hydrogen-bond acceptors (Lipinski definition) is 3. The molecule has 1 aliphatic rings. The highest BCUT2D eigenvalue weighted by Crippen LogP contribution is 2.43. The van der Waals surface area contributed by atoms with Gasteiger partial charge in [-0.15, -0.1) is 0 Å². The minimum absolute atomic E-state index is 0.00995. The zero-order chi connectivity index (χ0) is 29.0. The molecule has 5 nitrogen and oxygen atoms in total. The van der Waals surface area contributed by atoms with Crippen LogP contribution in [0.25, 0.3) is 22.0 Å². The number of nitriles is 1. The van der Waals surface area contributed by atoms with Crippen molar-refractivity contribution in [1.29, 1.82) is 5.26 Å². The van der Waals surface area contributed by atoms with Gasteiger partial charge in [0.05, 0.1) is 16.9 Å². The van der Waals surface area contributed by atoms with Crippen LogP contribution in [0.3, 0.4) is 0 Å². The molecule has 3 aromatic rings. The summed E-state index contributed by atoms with van der Waals surface area (Å²) in [5.74, 6) is -1.21. The Kier molecular flexibility index (Phi) is 7.27. The Balaban J connectivity index is 1.98. The number of fused-ring (bicyclic) bond motifs is 1. The van der Waals surface area contributed by atoms with Gasteiger partial charge in [0.2, 0.25) is 10.0 Å². The van der Waals surface area contributed by atoms with Gasteiger partial charge in [-0.1, -0.05) is 32.0 Å². The Bertz CT molecular complexity index is 1550. The van der Waals surface area contributed by atoms with Gasteiger partial charge in [0.25, 0.3) is 0 Å². The molecule has 1 N–H and O–H groups in total. The van der Waals surface area contributed by atoms with Crippen molar-refractivity contribution in [3.8, 4) is 17.2 Å². The molecule has 2 aromatic carbocycles. The molecule has 1 saturated carbocycles. The fraction of sp³-hybridized carbons (Fsp3) is 0.423. The minimum Gasteiger partial charge on any atom is -0.347 e. The van der Waals surface area contributed by atoms with Crippen LogP contribution in [0.15, 0.2) is 42.6 Å². The average molecular weight is 576 g/mol. The number of nitrogens with one attached hydrogen (secondary N) is 1. The Morgan fingerprint density at radius 2 is 1.72 bits per heavy atom. The Hall–Kier alpha value is -3.11. The molecule has 1 aromatic heterocycles. The van der Waals surface area contributed by atoms with Crippen LogP contribution >= 0.6 is 0 Å². The standard InChI is InChI=1S/C26H24F7N3O2S/c1-24(2,9-10-34)14-36-13-19(23(26(31,32)33)35-39(37,38)15-7-8-15)18-11-21(27)17(12-22(18)36)16-5-3-4-6-20(16)25(28,29)30/h3-6,11-13,15,23,35H,7-9,14H2,1-2H3. The highest BCUT2D eigenvalue weighted by molar-refractivity contribution is 7.90.